The van der Waals surface area contributed by atoms with Crippen LogP contribution in [0.2, 0.25) is 0 Å². The van der Waals surface area contributed by atoms with Crippen LogP contribution in [0.3, 0.4) is 0 Å². The molecule has 1 fully saturated rings. The van der Waals surface area contributed by atoms with Gasteiger partial charge in [0, 0.05) is 10.7 Å². The Balaban J connectivity index is 2.17. The fraction of sp³-hybridized carbons (Fsp3) is 0.333. The lowest BCUT2D eigenvalue weighted by molar-refractivity contribution is -0.120. The SMILES string of the molecule is CC1NC(c2ccc(Br)cn2)NC1=O. The molecule has 2 heterocycles. The van der Waals surface area contributed by atoms with Crippen LogP contribution in [-0.2, 0) is 4.79 Å². The second-order valence-electron chi connectivity index (χ2n) is 3.23. The van der Waals surface area contributed by atoms with Gasteiger partial charge in [0.25, 0.3) is 0 Å². The van der Waals surface area contributed by atoms with Gasteiger partial charge in [-0.05, 0) is 35.0 Å². The lowest BCUT2D eigenvalue weighted by atomic mass is 10.3. The first-order valence-corrected chi connectivity index (χ1v) is 5.14. The van der Waals surface area contributed by atoms with Gasteiger partial charge in [-0.3, -0.25) is 15.1 Å². The molecular formula is C9H10BrN3O. The van der Waals surface area contributed by atoms with E-state index in [4.69, 9.17) is 0 Å². The first-order chi connectivity index (χ1) is 6.66. The molecule has 0 saturated carbocycles. The van der Waals surface area contributed by atoms with Crippen LogP contribution in [0.25, 0.3) is 0 Å². The van der Waals surface area contributed by atoms with Crippen molar-refractivity contribution in [2.75, 3.05) is 0 Å². The van der Waals surface area contributed by atoms with E-state index in [0.29, 0.717) is 0 Å². The largest absolute Gasteiger partial charge is 0.334 e. The van der Waals surface area contributed by atoms with Crippen LogP contribution < -0.4 is 10.6 Å². The molecule has 4 nitrogen and oxygen atoms in total. The van der Waals surface area contributed by atoms with Crippen molar-refractivity contribution >= 4 is 21.8 Å². The number of halogens is 1. The number of aromatic nitrogens is 1. The summed E-state index contributed by atoms with van der Waals surface area (Å²) < 4.78 is 0.929. The third-order valence-corrected chi connectivity index (χ3v) is 2.61. The minimum absolute atomic E-state index is 0.0136. The lowest BCUT2D eigenvalue weighted by Crippen LogP contribution is -2.24. The second-order valence-corrected chi connectivity index (χ2v) is 4.15. The lowest BCUT2D eigenvalue weighted by Gasteiger charge is -2.09. The highest BCUT2D eigenvalue weighted by Gasteiger charge is 2.28. The predicted octanol–water partition coefficient (Wildman–Crippen LogP) is 0.951. The molecule has 2 N–H and O–H groups in total. The molecular weight excluding hydrogens is 246 g/mol. The number of nitrogens with one attached hydrogen (secondary N) is 2. The number of nitrogens with zero attached hydrogens (tertiary/aromatic N) is 1. The van der Waals surface area contributed by atoms with E-state index >= 15 is 0 Å². The Labute approximate surface area is 90.2 Å². The molecule has 1 aromatic rings. The summed E-state index contributed by atoms with van der Waals surface area (Å²) in [5.74, 6) is 0.0136. The molecule has 1 saturated heterocycles. The van der Waals surface area contributed by atoms with Gasteiger partial charge >= 0.3 is 0 Å². The fourth-order valence-corrected chi connectivity index (χ4v) is 1.59. The Hall–Kier alpha value is -0.940. The summed E-state index contributed by atoms with van der Waals surface area (Å²) in [4.78, 5) is 15.4. The normalized spacial score (nSPS) is 26.3. The average Bonchev–Trinajstić information content (AvgIpc) is 2.48. The molecule has 0 spiro atoms. The number of carbonyl (C=O) groups excluding carboxylic acids is 1. The third kappa shape index (κ3) is 1.78. The van der Waals surface area contributed by atoms with Crippen LogP contribution in [0, 0.1) is 0 Å². The van der Waals surface area contributed by atoms with Gasteiger partial charge in [0.2, 0.25) is 5.91 Å². The number of rotatable bonds is 1. The first-order valence-electron chi connectivity index (χ1n) is 4.34. The summed E-state index contributed by atoms with van der Waals surface area (Å²) in [5.41, 5.74) is 0.825. The minimum atomic E-state index is -0.161. The van der Waals surface area contributed by atoms with Crippen LogP contribution >= 0.6 is 15.9 Å². The molecule has 5 heteroatoms. The summed E-state index contributed by atoms with van der Waals surface area (Å²) in [6.07, 6.45) is 1.55. The van der Waals surface area contributed by atoms with E-state index < -0.39 is 0 Å². The first kappa shape index (κ1) is 9.61. The predicted molar refractivity (Wildman–Crippen MR) is 55.4 cm³/mol. The fourth-order valence-electron chi connectivity index (χ4n) is 1.35. The van der Waals surface area contributed by atoms with Crippen molar-refractivity contribution in [3.63, 3.8) is 0 Å². The van der Waals surface area contributed by atoms with Gasteiger partial charge in [-0.15, -0.1) is 0 Å². The molecule has 2 unspecified atom stereocenters. The Morgan fingerprint density at radius 3 is 2.79 bits per heavy atom. The van der Waals surface area contributed by atoms with Crippen molar-refractivity contribution in [1.82, 2.24) is 15.6 Å². The molecule has 1 amide bonds. The Morgan fingerprint density at radius 1 is 1.50 bits per heavy atom. The van der Waals surface area contributed by atoms with E-state index in [1.54, 1.807) is 6.20 Å². The van der Waals surface area contributed by atoms with Crippen LogP contribution in [0.1, 0.15) is 18.8 Å². The van der Waals surface area contributed by atoms with E-state index in [1.807, 2.05) is 19.1 Å². The average molecular weight is 256 g/mol. The zero-order chi connectivity index (χ0) is 10.1. The molecule has 2 atom stereocenters. The highest BCUT2D eigenvalue weighted by Crippen LogP contribution is 2.15. The Morgan fingerprint density at radius 2 is 2.29 bits per heavy atom. The minimum Gasteiger partial charge on any atom is -0.334 e. The smallest absolute Gasteiger partial charge is 0.238 e. The number of pyridine rings is 1. The van der Waals surface area contributed by atoms with Gasteiger partial charge in [0.05, 0.1) is 11.7 Å². The summed E-state index contributed by atoms with van der Waals surface area (Å²) in [7, 11) is 0. The van der Waals surface area contributed by atoms with Crippen LogP contribution in [0.5, 0.6) is 0 Å². The quantitative estimate of drug-likeness (QED) is 0.786. The number of hydrogen-bond acceptors (Lipinski definition) is 3. The monoisotopic (exact) mass is 255 g/mol. The van der Waals surface area contributed by atoms with Crippen molar-refractivity contribution < 1.29 is 4.79 Å². The molecule has 2 rings (SSSR count). The summed E-state index contributed by atoms with van der Waals surface area (Å²) in [6, 6.07) is 3.63. The highest BCUT2D eigenvalue weighted by molar-refractivity contribution is 9.10. The molecule has 14 heavy (non-hydrogen) atoms. The maximum absolute atomic E-state index is 11.2. The standard InChI is InChI=1S/C9H10BrN3O/c1-5-9(14)13-8(12-5)7-3-2-6(10)4-11-7/h2-5,8,12H,1H3,(H,13,14). The molecule has 1 aliphatic rings. The van der Waals surface area contributed by atoms with E-state index in [9.17, 15) is 4.79 Å². The van der Waals surface area contributed by atoms with Gasteiger partial charge in [-0.25, -0.2) is 0 Å². The van der Waals surface area contributed by atoms with Crippen molar-refractivity contribution in [3.05, 3.63) is 28.5 Å². The Bertz CT molecular complexity index is 352. The molecule has 1 aliphatic heterocycles. The molecule has 0 aliphatic carbocycles. The zero-order valence-corrected chi connectivity index (χ0v) is 9.21. The molecule has 1 aromatic heterocycles. The third-order valence-electron chi connectivity index (χ3n) is 2.14. The van der Waals surface area contributed by atoms with Crippen molar-refractivity contribution in [2.24, 2.45) is 0 Å². The van der Waals surface area contributed by atoms with Crippen molar-refractivity contribution in [1.29, 1.82) is 0 Å². The second kappa shape index (κ2) is 3.67. The van der Waals surface area contributed by atoms with Gasteiger partial charge in [-0.2, -0.15) is 0 Å². The molecule has 0 bridgehead atoms. The van der Waals surface area contributed by atoms with E-state index in [2.05, 4.69) is 31.5 Å². The van der Waals surface area contributed by atoms with Crippen LogP contribution in [0.15, 0.2) is 22.8 Å². The molecule has 0 radical (unpaired) electrons. The Kier molecular flexibility index (Phi) is 2.52. The number of carbonyl (C=O) groups is 1. The zero-order valence-electron chi connectivity index (χ0n) is 7.62. The van der Waals surface area contributed by atoms with Crippen LogP contribution in [0.4, 0.5) is 0 Å². The summed E-state index contributed by atoms with van der Waals surface area (Å²) >= 11 is 3.31. The number of hydrogen-bond donors (Lipinski definition) is 2. The highest BCUT2D eigenvalue weighted by atomic mass is 79.9. The maximum atomic E-state index is 11.2. The van der Waals surface area contributed by atoms with Crippen LogP contribution in [-0.4, -0.2) is 16.9 Å². The van der Waals surface area contributed by atoms with E-state index in [0.717, 1.165) is 10.2 Å². The van der Waals surface area contributed by atoms with Gasteiger partial charge < -0.3 is 5.32 Å². The summed E-state index contributed by atoms with van der Waals surface area (Å²) in [6.45, 7) is 1.83. The van der Waals surface area contributed by atoms with Gasteiger partial charge in [-0.1, -0.05) is 0 Å². The van der Waals surface area contributed by atoms with Crippen molar-refractivity contribution in [3.8, 4) is 0 Å². The van der Waals surface area contributed by atoms with E-state index in [1.165, 1.54) is 0 Å². The van der Waals surface area contributed by atoms with E-state index in [-0.39, 0.29) is 18.1 Å². The molecule has 0 aromatic carbocycles. The topological polar surface area (TPSA) is 54.0 Å². The summed E-state index contributed by atoms with van der Waals surface area (Å²) in [5, 5.41) is 5.91. The van der Waals surface area contributed by atoms with Crippen molar-refractivity contribution in [2.45, 2.75) is 19.1 Å². The number of amides is 1. The van der Waals surface area contributed by atoms with Gasteiger partial charge in [0.1, 0.15) is 6.17 Å². The maximum Gasteiger partial charge on any atom is 0.238 e. The molecule has 74 valence electrons. The van der Waals surface area contributed by atoms with Gasteiger partial charge in [0.15, 0.2) is 0 Å².